The van der Waals surface area contributed by atoms with Crippen molar-refractivity contribution in [3.63, 3.8) is 0 Å². The molecule has 3 heteroatoms. The van der Waals surface area contributed by atoms with Crippen molar-refractivity contribution >= 4 is 0 Å². The molecule has 0 aliphatic carbocycles. The van der Waals surface area contributed by atoms with Gasteiger partial charge in [0.05, 0.1) is 12.7 Å². The molecule has 0 heterocycles. The van der Waals surface area contributed by atoms with Gasteiger partial charge in [-0.15, -0.1) is 0 Å². The molecule has 0 N–H and O–H groups in total. The van der Waals surface area contributed by atoms with Crippen LogP contribution in [0.4, 0.5) is 4.39 Å². The van der Waals surface area contributed by atoms with Gasteiger partial charge in [-0.1, -0.05) is 46.1 Å². The molecule has 1 aromatic rings. The highest BCUT2D eigenvalue weighted by Crippen LogP contribution is 2.16. The van der Waals surface area contributed by atoms with E-state index in [1.165, 1.54) is 37.8 Å². The van der Waals surface area contributed by atoms with Crippen molar-refractivity contribution in [2.45, 2.75) is 78.2 Å². The first-order valence-electron chi connectivity index (χ1n) is 9.65. The molecule has 0 radical (unpaired) electrons. The number of ether oxygens (including phenoxy) is 2. The van der Waals surface area contributed by atoms with Crippen LogP contribution >= 0.6 is 0 Å². The molecular weight excluding hydrogens is 303 g/mol. The van der Waals surface area contributed by atoms with E-state index < -0.39 is 0 Å². The Balaban J connectivity index is 2.21. The van der Waals surface area contributed by atoms with Crippen LogP contribution in [0, 0.1) is 11.7 Å². The molecule has 0 aliphatic rings. The van der Waals surface area contributed by atoms with Gasteiger partial charge in [-0.25, -0.2) is 4.39 Å². The van der Waals surface area contributed by atoms with Crippen molar-refractivity contribution in [3.05, 3.63) is 30.1 Å². The summed E-state index contributed by atoms with van der Waals surface area (Å²) < 4.78 is 24.8. The average molecular weight is 339 g/mol. The second kappa shape index (κ2) is 13.2. The molecule has 1 rings (SSSR count). The Hall–Kier alpha value is -1.09. The topological polar surface area (TPSA) is 18.5 Å². The zero-order valence-electron chi connectivity index (χ0n) is 15.7. The van der Waals surface area contributed by atoms with E-state index in [-0.39, 0.29) is 5.82 Å². The van der Waals surface area contributed by atoms with Gasteiger partial charge in [0.25, 0.3) is 0 Å². The lowest BCUT2D eigenvalue weighted by atomic mass is 10.0. The standard InChI is InChI=1S/C21H35FO2/c1-4-6-12-20(23-15-8-10-18(3)5-2)14-9-16-24-21-13-7-11-19(22)17-21/h7,11,13,17-18,20H,4-6,8-10,12,14-16H2,1-3H3/t18?,20-/m0/s1. The zero-order valence-corrected chi connectivity index (χ0v) is 15.7. The number of halogens is 1. The third-order valence-electron chi connectivity index (χ3n) is 4.51. The lowest BCUT2D eigenvalue weighted by molar-refractivity contribution is 0.0328. The monoisotopic (exact) mass is 338 g/mol. The second-order valence-electron chi connectivity index (χ2n) is 6.74. The molecule has 1 unspecified atom stereocenters. The molecule has 0 aliphatic heterocycles. The van der Waals surface area contributed by atoms with Crippen molar-refractivity contribution in [3.8, 4) is 5.75 Å². The van der Waals surface area contributed by atoms with Crippen LogP contribution in [0.3, 0.4) is 0 Å². The van der Waals surface area contributed by atoms with Crippen LogP contribution in [0.1, 0.15) is 72.1 Å². The average Bonchev–Trinajstić information content (AvgIpc) is 2.59. The molecule has 0 spiro atoms. The van der Waals surface area contributed by atoms with Gasteiger partial charge in [-0.3, -0.25) is 0 Å². The maximum Gasteiger partial charge on any atom is 0.126 e. The van der Waals surface area contributed by atoms with Crippen LogP contribution in [0.5, 0.6) is 5.75 Å². The van der Waals surface area contributed by atoms with E-state index in [1.807, 2.05) is 0 Å². The summed E-state index contributed by atoms with van der Waals surface area (Å²) in [5.41, 5.74) is 0. The summed E-state index contributed by atoms with van der Waals surface area (Å²) >= 11 is 0. The predicted molar refractivity (Wildman–Crippen MR) is 99.1 cm³/mol. The Kier molecular flexibility index (Phi) is 11.5. The highest BCUT2D eigenvalue weighted by molar-refractivity contribution is 5.22. The Morgan fingerprint density at radius 1 is 1.00 bits per heavy atom. The SMILES string of the molecule is CCCC[C@@H](CCCOc1cccc(F)c1)OCCCC(C)CC. The minimum atomic E-state index is -0.252. The van der Waals surface area contributed by atoms with Gasteiger partial charge in [0.15, 0.2) is 0 Å². The van der Waals surface area contributed by atoms with Crippen molar-refractivity contribution in [1.29, 1.82) is 0 Å². The summed E-state index contributed by atoms with van der Waals surface area (Å²) in [4.78, 5) is 0. The molecule has 0 saturated carbocycles. The van der Waals surface area contributed by atoms with Gasteiger partial charge in [0.2, 0.25) is 0 Å². The van der Waals surface area contributed by atoms with Crippen LogP contribution < -0.4 is 4.74 Å². The van der Waals surface area contributed by atoms with Crippen LogP contribution in [0.25, 0.3) is 0 Å². The van der Waals surface area contributed by atoms with Crippen molar-refractivity contribution in [2.24, 2.45) is 5.92 Å². The van der Waals surface area contributed by atoms with E-state index in [0.717, 1.165) is 38.2 Å². The zero-order chi connectivity index (χ0) is 17.6. The number of hydrogen-bond acceptors (Lipinski definition) is 2. The van der Waals surface area contributed by atoms with Crippen LogP contribution in [0.2, 0.25) is 0 Å². The fourth-order valence-electron chi connectivity index (χ4n) is 2.69. The normalized spacial score (nSPS) is 13.7. The molecule has 0 amide bonds. The molecule has 0 saturated heterocycles. The third-order valence-corrected chi connectivity index (χ3v) is 4.51. The summed E-state index contributed by atoms with van der Waals surface area (Å²) in [5, 5.41) is 0. The van der Waals surface area contributed by atoms with Crippen molar-refractivity contribution < 1.29 is 13.9 Å². The van der Waals surface area contributed by atoms with Crippen LogP contribution in [-0.4, -0.2) is 19.3 Å². The predicted octanol–water partition coefficient (Wildman–Crippen LogP) is 6.39. The molecule has 2 atom stereocenters. The summed E-state index contributed by atoms with van der Waals surface area (Å²) in [6.45, 7) is 8.24. The molecule has 0 bridgehead atoms. The Morgan fingerprint density at radius 3 is 2.46 bits per heavy atom. The van der Waals surface area contributed by atoms with E-state index in [1.54, 1.807) is 12.1 Å². The largest absolute Gasteiger partial charge is 0.493 e. The van der Waals surface area contributed by atoms with Crippen molar-refractivity contribution in [2.75, 3.05) is 13.2 Å². The highest BCUT2D eigenvalue weighted by atomic mass is 19.1. The fourth-order valence-corrected chi connectivity index (χ4v) is 2.69. The highest BCUT2D eigenvalue weighted by Gasteiger charge is 2.09. The van der Waals surface area contributed by atoms with E-state index >= 15 is 0 Å². The summed E-state index contributed by atoms with van der Waals surface area (Å²) in [6, 6.07) is 6.33. The number of rotatable bonds is 14. The number of benzene rings is 1. The quantitative estimate of drug-likeness (QED) is 0.366. The van der Waals surface area contributed by atoms with Gasteiger partial charge in [-0.2, -0.15) is 0 Å². The van der Waals surface area contributed by atoms with E-state index in [9.17, 15) is 4.39 Å². The second-order valence-corrected chi connectivity index (χ2v) is 6.74. The molecule has 138 valence electrons. The smallest absolute Gasteiger partial charge is 0.126 e. The minimum Gasteiger partial charge on any atom is -0.493 e. The number of hydrogen-bond donors (Lipinski definition) is 0. The molecule has 1 aromatic carbocycles. The maximum atomic E-state index is 13.1. The maximum absolute atomic E-state index is 13.1. The first-order valence-corrected chi connectivity index (χ1v) is 9.65. The molecule has 0 aromatic heterocycles. The van der Waals surface area contributed by atoms with Crippen LogP contribution in [-0.2, 0) is 4.74 Å². The van der Waals surface area contributed by atoms with Gasteiger partial charge in [0.1, 0.15) is 11.6 Å². The molecule has 0 fully saturated rings. The first kappa shape index (κ1) is 21.0. The van der Waals surface area contributed by atoms with Crippen LogP contribution in [0.15, 0.2) is 24.3 Å². The summed E-state index contributed by atoms with van der Waals surface area (Å²) in [6.07, 6.45) is 9.47. The first-order chi connectivity index (χ1) is 11.7. The Labute approximate surface area is 147 Å². The lowest BCUT2D eigenvalue weighted by Crippen LogP contribution is -2.15. The third kappa shape index (κ3) is 9.92. The van der Waals surface area contributed by atoms with Crippen molar-refractivity contribution in [1.82, 2.24) is 0 Å². The Morgan fingerprint density at radius 2 is 1.75 bits per heavy atom. The molecule has 2 nitrogen and oxygen atoms in total. The van der Waals surface area contributed by atoms with Gasteiger partial charge in [0, 0.05) is 12.7 Å². The summed E-state index contributed by atoms with van der Waals surface area (Å²) in [5.74, 6) is 1.15. The minimum absolute atomic E-state index is 0.252. The Bertz CT molecular complexity index is 422. The molecule has 24 heavy (non-hydrogen) atoms. The number of unbranched alkanes of at least 4 members (excludes halogenated alkanes) is 1. The van der Waals surface area contributed by atoms with E-state index in [4.69, 9.17) is 9.47 Å². The van der Waals surface area contributed by atoms with Gasteiger partial charge >= 0.3 is 0 Å². The van der Waals surface area contributed by atoms with E-state index in [0.29, 0.717) is 18.5 Å². The molecular formula is C21H35FO2. The summed E-state index contributed by atoms with van der Waals surface area (Å²) in [7, 11) is 0. The van der Waals surface area contributed by atoms with E-state index in [2.05, 4.69) is 20.8 Å². The lowest BCUT2D eigenvalue weighted by Gasteiger charge is -2.18. The van der Waals surface area contributed by atoms with Gasteiger partial charge < -0.3 is 9.47 Å². The fraction of sp³-hybridized carbons (Fsp3) is 0.714. The van der Waals surface area contributed by atoms with Gasteiger partial charge in [-0.05, 0) is 50.2 Å².